The summed E-state index contributed by atoms with van der Waals surface area (Å²) in [5.74, 6) is -1.88. The van der Waals surface area contributed by atoms with Gasteiger partial charge >= 0.3 is 5.97 Å². The van der Waals surface area contributed by atoms with E-state index in [-0.39, 0.29) is 16.4 Å². The number of hydrogen-bond donors (Lipinski definition) is 1. The van der Waals surface area contributed by atoms with E-state index < -0.39 is 21.6 Å². The van der Waals surface area contributed by atoms with Crippen molar-refractivity contribution < 1.29 is 27.1 Å². The van der Waals surface area contributed by atoms with E-state index in [4.69, 9.17) is 4.42 Å². The highest BCUT2D eigenvalue weighted by Crippen LogP contribution is 2.37. The van der Waals surface area contributed by atoms with Crippen LogP contribution in [0.15, 0.2) is 57.8 Å². The lowest BCUT2D eigenvalue weighted by molar-refractivity contribution is 0.0664. The third-order valence-electron chi connectivity index (χ3n) is 4.57. The van der Waals surface area contributed by atoms with Gasteiger partial charge in [-0.05, 0) is 36.8 Å². The summed E-state index contributed by atoms with van der Waals surface area (Å²) >= 11 is 0. The van der Waals surface area contributed by atoms with Gasteiger partial charge in [-0.15, -0.1) is 0 Å². The molecule has 0 amide bonds. The number of nitrogens with zero attached hydrogens (tertiary/aromatic N) is 2. The lowest BCUT2D eigenvalue weighted by Crippen LogP contribution is -1.99. The van der Waals surface area contributed by atoms with Gasteiger partial charge in [0.2, 0.25) is 11.5 Å². The first-order chi connectivity index (χ1) is 13.7. The van der Waals surface area contributed by atoms with Crippen LogP contribution in [0.2, 0.25) is 0 Å². The van der Waals surface area contributed by atoms with E-state index in [1.165, 1.54) is 28.8 Å². The number of oxazole rings is 1. The molecule has 0 saturated heterocycles. The van der Waals surface area contributed by atoms with Gasteiger partial charge in [0, 0.05) is 11.8 Å². The number of aromatic nitrogens is 2. The van der Waals surface area contributed by atoms with Crippen molar-refractivity contribution in [3.63, 3.8) is 0 Å². The number of benzene rings is 2. The molecule has 9 heteroatoms. The minimum atomic E-state index is -3.36. The van der Waals surface area contributed by atoms with Crippen LogP contribution in [0.5, 0.6) is 0 Å². The quantitative estimate of drug-likeness (QED) is 0.545. The van der Waals surface area contributed by atoms with Crippen LogP contribution in [0, 0.1) is 12.7 Å². The van der Waals surface area contributed by atoms with E-state index in [9.17, 15) is 22.7 Å². The van der Waals surface area contributed by atoms with Crippen LogP contribution in [0.25, 0.3) is 28.1 Å². The zero-order chi connectivity index (χ0) is 20.9. The number of aromatic carboxylic acids is 1. The van der Waals surface area contributed by atoms with Crippen molar-refractivity contribution in [3.8, 4) is 22.4 Å². The number of halogens is 1. The van der Waals surface area contributed by atoms with Gasteiger partial charge in [0.1, 0.15) is 11.5 Å². The summed E-state index contributed by atoms with van der Waals surface area (Å²) < 4.78 is 43.8. The fourth-order valence-corrected chi connectivity index (χ4v) is 3.76. The first-order valence-corrected chi connectivity index (χ1v) is 10.4. The number of carboxylic acids is 1. The molecule has 0 saturated carbocycles. The molecule has 2 heterocycles. The molecule has 29 heavy (non-hydrogen) atoms. The molecule has 0 aliphatic rings. The van der Waals surface area contributed by atoms with E-state index in [0.717, 1.165) is 6.26 Å². The van der Waals surface area contributed by atoms with Crippen molar-refractivity contribution in [2.75, 3.05) is 6.26 Å². The van der Waals surface area contributed by atoms with Crippen molar-refractivity contribution in [1.29, 1.82) is 0 Å². The summed E-state index contributed by atoms with van der Waals surface area (Å²) in [4.78, 5) is 11.6. The molecule has 7 nitrogen and oxygen atoms in total. The van der Waals surface area contributed by atoms with Crippen molar-refractivity contribution >= 4 is 21.5 Å². The van der Waals surface area contributed by atoms with Gasteiger partial charge in [-0.25, -0.2) is 17.6 Å². The predicted molar refractivity (Wildman–Crippen MR) is 103 cm³/mol. The molecule has 0 radical (unpaired) electrons. The molecular weight excluding hydrogens is 399 g/mol. The topological polar surface area (TPSA) is 102 Å². The maximum absolute atomic E-state index is 13.4. The Morgan fingerprint density at radius 2 is 1.66 bits per heavy atom. The molecule has 4 aromatic rings. The summed E-state index contributed by atoms with van der Waals surface area (Å²) in [6, 6.07) is 11.8. The van der Waals surface area contributed by atoms with Crippen LogP contribution in [0.3, 0.4) is 0 Å². The first-order valence-electron chi connectivity index (χ1n) is 8.48. The van der Waals surface area contributed by atoms with Crippen LogP contribution in [0.4, 0.5) is 4.39 Å². The number of fused-ring (bicyclic) bond motifs is 1. The average molecular weight is 414 g/mol. The fourth-order valence-electron chi connectivity index (χ4n) is 3.13. The van der Waals surface area contributed by atoms with E-state index in [2.05, 4.69) is 5.10 Å². The molecule has 0 aliphatic carbocycles. The van der Waals surface area contributed by atoms with E-state index in [1.54, 1.807) is 31.2 Å². The van der Waals surface area contributed by atoms with E-state index >= 15 is 0 Å². The smallest absolute Gasteiger partial charge is 0.373 e. The highest BCUT2D eigenvalue weighted by atomic mass is 32.2. The summed E-state index contributed by atoms with van der Waals surface area (Å²) in [7, 11) is -3.36. The zero-order valence-electron chi connectivity index (χ0n) is 15.4. The molecule has 0 fully saturated rings. The number of carbonyl (C=O) groups is 1. The fraction of sp³-hybridized carbons (Fsp3) is 0.100. The third kappa shape index (κ3) is 3.19. The van der Waals surface area contributed by atoms with Crippen LogP contribution >= 0.6 is 0 Å². The summed E-state index contributed by atoms with van der Waals surface area (Å²) in [5.41, 5.74) is 2.62. The second-order valence-electron chi connectivity index (χ2n) is 6.57. The summed E-state index contributed by atoms with van der Waals surface area (Å²) in [6.45, 7) is 1.57. The predicted octanol–water partition coefficient (Wildman–Crippen LogP) is 3.81. The second kappa shape index (κ2) is 6.56. The molecular formula is C20H15FN2O5S. The Balaban J connectivity index is 1.99. The molecule has 148 valence electrons. The maximum Gasteiger partial charge on any atom is 0.373 e. The Bertz CT molecular complexity index is 1350. The highest BCUT2D eigenvalue weighted by Gasteiger charge is 2.25. The minimum Gasteiger partial charge on any atom is -0.475 e. The molecule has 2 aromatic heterocycles. The number of hydrogen-bond acceptors (Lipinski definition) is 5. The molecule has 0 spiro atoms. The Morgan fingerprint density at radius 3 is 2.21 bits per heavy atom. The highest BCUT2D eigenvalue weighted by molar-refractivity contribution is 7.90. The van der Waals surface area contributed by atoms with Crippen molar-refractivity contribution in [2.45, 2.75) is 11.8 Å². The Morgan fingerprint density at radius 1 is 1.07 bits per heavy atom. The molecule has 0 unspecified atom stereocenters. The Hall–Kier alpha value is -3.46. The molecule has 1 N–H and O–H groups in total. The largest absolute Gasteiger partial charge is 0.475 e. The number of rotatable bonds is 4. The van der Waals surface area contributed by atoms with Gasteiger partial charge in [-0.2, -0.15) is 9.61 Å². The summed E-state index contributed by atoms with van der Waals surface area (Å²) in [5, 5.41) is 13.8. The van der Waals surface area contributed by atoms with Crippen molar-refractivity contribution in [2.24, 2.45) is 0 Å². The van der Waals surface area contributed by atoms with E-state index in [0.29, 0.717) is 28.1 Å². The molecule has 0 aliphatic heterocycles. The van der Waals surface area contributed by atoms with Gasteiger partial charge < -0.3 is 9.52 Å². The lowest BCUT2D eigenvalue weighted by Gasteiger charge is -2.05. The van der Waals surface area contributed by atoms with Crippen LogP contribution in [-0.2, 0) is 9.84 Å². The Kier molecular flexibility index (Phi) is 4.27. The SMILES string of the molecule is Cc1c(C(=O)O)oc2c(-c3ccc(F)cc3)c(-c3ccc(S(C)(=O)=O)cc3)nn12. The van der Waals surface area contributed by atoms with Gasteiger partial charge in [-0.3, -0.25) is 0 Å². The first kappa shape index (κ1) is 18.9. The van der Waals surface area contributed by atoms with E-state index in [1.807, 2.05) is 0 Å². The molecule has 4 rings (SSSR count). The second-order valence-corrected chi connectivity index (χ2v) is 8.58. The number of sulfone groups is 1. The lowest BCUT2D eigenvalue weighted by atomic mass is 10.0. The molecule has 2 aromatic carbocycles. The van der Waals surface area contributed by atoms with Gasteiger partial charge in [-0.1, -0.05) is 24.3 Å². The zero-order valence-corrected chi connectivity index (χ0v) is 16.2. The molecule has 0 bridgehead atoms. The van der Waals surface area contributed by atoms with Gasteiger partial charge in [0.25, 0.3) is 0 Å². The van der Waals surface area contributed by atoms with Crippen molar-refractivity contribution in [3.05, 3.63) is 65.8 Å². The maximum atomic E-state index is 13.4. The normalized spacial score (nSPS) is 11.8. The minimum absolute atomic E-state index is 0.164. The van der Waals surface area contributed by atoms with Gasteiger partial charge in [0.05, 0.1) is 16.2 Å². The van der Waals surface area contributed by atoms with Gasteiger partial charge in [0.15, 0.2) is 9.84 Å². The van der Waals surface area contributed by atoms with Crippen LogP contribution in [0.1, 0.15) is 16.2 Å². The van der Waals surface area contributed by atoms with Crippen LogP contribution < -0.4 is 0 Å². The Labute approximate surface area is 164 Å². The third-order valence-corrected chi connectivity index (χ3v) is 5.70. The average Bonchev–Trinajstić information content (AvgIpc) is 3.19. The van der Waals surface area contributed by atoms with Crippen molar-refractivity contribution in [1.82, 2.24) is 9.61 Å². The number of aryl methyl sites for hydroxylation is 1. The monoisotopic (exact) mass is 414 g/mol. The summed E-state index contributed by atoms with van der Waals surface area (Å²) in [6.07, 6.45) is 1.12. The molecule has 0 atom stereocenters. The standard InChI is InChI=1S/C20H15FN2O5S/c1-11-18(20(24)25)28-19-16(12-3-7-14(21)8-4-12)17(22-23(11)19)13-5-9-15(10-6-13)29(2,26)27/h3-10H,1-2H3,(H,24,25). The number of carboxylic acid groups (broad SMARTS) is 1. The van der Waals surface area contributed by atoms with Crippen LogP contribution in [-0.4, -0.2) is 35.4 Å².